The summed E-state index contributed by atoms with van der Waals surface area (Å²) in [4.78, 5) is 33.5. The monoisotopic (exact) mass is 209 g/mol. The topological polar surface area (TPSA) is 63.2 Å². The van der Waals surface area contributed by atoms with Crippen LogP contribution in [0.15, 0.2) is 18.2 Å². The van der Waals surface area contributed by atoms with E-state index >= 15 is 0 Å². The van der Waals surface area contributed by atoms with Crippen molar-refractivity contribution in [3.05, 3.63) is 34.3 Å². The smallest absolute Gasteiger partial charge is 0.285 e. The summed E-state index contributed by atoms with van der Waals surface area (Å²) in [6.07, 6.45) is 0. The summed E-state index contributed by atoms with van der Waals surface area (Å²) in [5, 5.41) is 2.27. The van der Waals surface area contributed by atoms with E-state index in [1.54, 1.807) is 0 Å². The molecule has 4 nitrogen and oxygen atoms in total. The first-order valence-electron chi connectivity index (χ1n) is 3.79. The molecule has 1 aliphatic rings. The molecule has 0 spiro atoms. The summed E-state index contributed by atoms with van der Waals surface area (Å²) in [7, 11) is 0. The molecule has 2 rings (SSSR count). The van der Waals surface area contributed by atoms with Gasteiger partial charge in [0.05, 0.1) is 5.56 Å². The zero-order chi connectivity index (χ0) is 10.3. The number of carbonyl (C=O) groups is 3. The van der Waals surface area contributed by atoms with E-state index in [0.29, 0.717) is 5.02 Å². The predicted octanol–water partition coefficient (Wildman–Crippen LogP) is 0.793. The van der Waals surface area contributed by atoms with Crippen LogP contribution in [0, 0.1) is 0 Å². The van der Waals surface area contributed by atoms with Crippen LogP contribution in [-0.2, 0) is 4.79 Å². The fourth-order valence-corrected chi connectivity index (χ4v) is 1.42. The first kappa shape index (κ1) is 8.90. The summed E-state index contributed by atoms with van der Waals surface area (Å²) in [6.45, 7) is 0. The average Bonchev–Trinajstić information content (AvgIpc) is 2.14. The third kappa shape index (κ3) is 1.20. The lowest BCUT2D eigenvalue weighted by atomic mass is 9.99. The quantitative estimate of drug-likeness (QED) is 0.508. The van der Waals surface area contributed by atoms with E-state index in [1.165, 1.54) is 18.2 Å². The Morgan fingerprint density at radius 1 is 1.00 bits per heavy atom. The number of halogens is 1. The summed E-state index contributed by atoms with van der Waals surface area (Å²) >= 11 is 5.65. The molecule has 0 aromatic heterocycles. The van der Waals surface area contributed by atoms with E-state index in [1.807, 2.05) is 5.32 Å². The van der Waals surface area contributed by atoms with Gasteiger partial charge in [-0.2, -0.15) is 0 Å². The van der Waals surface area contributed by atoms with E-state index in [9.17, 15) is 14.4 Å². The van der Waals surface area contributed by atoms with Crippen LogP contribution < -0.4 is 5.32 Å². The number of Topliss-reactive ketones (excluding diaryl/α,β-unsaturated/α-hetero) is 1. The number of amides is 2. The van der Waals surface area contributed by atoms with Crippen LogP contribution in [0.2, 0.25) is 5.02 Å². The second kappa shape index (κ2) is 2.92. The van der Waals surface area contributed by atoms with Crippen molar-refractivity contribution in [2.45, 2.75) is 0 Å². The average molecular weight is 210 g/mol. The molecule has 1 aliphatic heterocycles. The van der Waals surface area contributed by atoms with Crippen molar-refractivity contribution in [3.63, 3.8) is 0 Å². The van der Waals surface area contributed by atoms with Crippen LogP contribution in [0.25, 0.3) is 0 Å². The molecule has 1 aromatic carbocycles. The molecule has 70 valence electrons. The van der Waals surface area contributed by atoms with Gasteiger partial charge in [-0.15, -0.1) is 0 Å². The van der Waals surface area contributed by atoms with Gasteiger partial charge < -0.3 is 0 Å². The van der Waals surface area contributed by atoms with Crippen LogP contribution in [0.1, 0.15) is 20.7 Å². The van der Waals surface area contributed by atoms with Gasteiger partial charge in [0.15, 0.2) is 0 Å². The summed E-state index contributed by atoms with van der Waals surface area (Å²) < 4.78 is 0. The number of benzene rings is 1. The molecule has 1 heterocycles. The van der Waals surface area contributed by atoms with Crippen molar-refractivity contribution in [1.29, 1.82) is 0 Å². The Labute approximate surface area is 83.9 Å². The van der Waals surface area contributed by atoms with Gasteiger partial charge in [0.1, 0.15) is 0 Å². The van der Waals surface area contributed by atoms with Crippen LogP contribution in [0.3, 0.4) is 0 Å². The lowest BCUT2D eigenvalue weighted by Crippen LogP contribution is -2.41. The van der Waals surface area contributed by atoms with Crippen molar-refractivity contribution >= 4 is 29.2 Å². The number of rotatable bonds is 0. The minimum atomic E-state index is -0.898. The molecular weight excluding hydrogens is 206 g/mol. The SMILES string of the molecule is O=C1NC(=O)c2cc(Cl)ccc2C1=O. The first-order chi connectivity index (χ1) is 6.59. The lowest BCUT2D eigenvalue weighted by Gasteiger charge is -2.13. The van der Waals surface area contributed by atoms with Crippen LogP contribution in [0.4, 0.5) is 0 Å². The highest BCUT2D eigenvalue weighted by molar-refractivity contribution is 6.49. The Bertz CT molecular complexity index is 467. The van der Waals surface area contributed by atoms with Crippen LogP contribution in [-0.4, -0.2) is 17.6 Å². The van der Waals surface area contributed by atoms with Crippen LogP contribution >= 0.6 is 11.6 Å². The van der Waals surface area contributed by atoms with Gasteiger partial charge in [-0.25, -0.2) is 0 Å². The van der Waals surface area contributed by atoms with Crippen molar-refractivity contribution < 1.29 is 14.4 Å². The van der Waals surface area contributed by atoms with Crippen LogP contribution in [0.5, 0.6) is 0 Å². The molecule has 2 amide bonds. The Balaban J connectivity index is 2.67. The van der Waals surface area contributed by atoms with Crippen molar-refractivity contribution in [1.82, 2.24) is 5.32 Å². The van der Waals surface area contributed by atoms with Gasteiger partial charge in [-0.05, 0) is 18.2 Å². The van der Waals surface area contributed by atoms with Gasteiger partial charge in [0.25, 0.3) is 17.6 Å². The Morgan fingerprint density at radius 2 is 1.71 bits per heavy atom. The molecule has 1 aromatic rings. The van der Waals surface area contributed by atoms with Crippen molar-refractivity contribution in [2.75, 3.05) is 0 Å². The third-order valence-corrected chi connectivity index (χ3v) is 2.14. The molecule has 14 heavy (non-hydrogen) atoms. The largest absolute Gasteiger partial charge is 0.299 e. The minimum absolute atomic E-state index is 0.100. The van der Waals surface area contributed by atoms with Crippen molar-refractivity contribution in [2.24, 2.45) is 0 Å². The number of carbonyl (C=O) groups excluding carboxylic acids is 3. The number of nitrogens with one attached hydrogen (secondary N) is 1. The number of hydrogen-bond donors (Lipinski definition) is 1. The minimum Gasteiger partial charge on any atom is -0.285 e. The zero-order valence-electron chi connectivity index (χ0n) is 6.83. The first-order valence-corrected chi connectivity index (χ1v) is 4.17. The normalized spacial score (nSPS) is 15.1. The molecular formula is C9H4ClNO3. The summed E-state index contributed by atoms with van der Waals surface area (Å²) in [5.41, 5.74) is 0.241. The number of ketones is 1. The fourth-order valence-electron chi connectivity index (χ4n) is 1.25. The Hall–Kier alpha value is -1.68. The number of hydrogen-bond acceptors (Lipinski definition) is 3. The van der Waals surface area contributed by atoms with Crippen molar-refractivity contribution in [3.8, 4) is 0 Å². The second-order valence-electron chi connectivity index (χ2n) is 2.80. The van der Waals surface area contributed by atoms with E-state index in [4.69, 9.17) is 11.6 Å². The van der Waals surface area contributed by atoms with Gasteiger partial charge in [0.2, 0.25) is 0 Å². The maximum atomic E-state index is 11.3. The molecule has 0 aliphatic carbocycles. The standard InChI is InChI=1S/C9H4ClNO3/c10-4-1-2-5-6(3-4)8(13)11-9(14)7(5)12/h1-3H,(H,11,13,14). The molecule has 0 saturated heterocycles. The summed E-state index contributed by atoms with van der Waals surface area (Å²) in [5.74, 6) is -2.20. The molecule has 1 N–H and O–H groups in total. The lowest BCUT2D eigenvalue weighted by molar-refractivity contribution is -0.116. The molecule has 0 bridgehead atoms. The number of imide groups is 1. The number of fused-ring (bicyclic) bond motifs is 1. The van der Waals surface area contributed by atoms with Gasteiger partial charge in [-0.1, -0.05) is 11.6 Å². The molecule has 0 radical (unpaired) electrons. The van der Waals surface area contributed by atoms with E-state index in [-0.39, 0.29) is 11.1 Å². The van der Waals surface area contributed by atoms with E-state index in [0.717, 1.165) is 0 Å². The second-order valence-corrected chi connectivity index (χ2v) is 3.24. The molecule has 0 saturated carbocycles. The molecule has 0 fully saturated rings. The highest BCUT2D eigenvalue weighted by Crippen LogP contribution is 2.19. The maximum Gasteiger partial charge on any atom is 0.299 e. The van der Waals surface area contributed by atoms with E-state index in [2.05, 4.69) is 0 Å². The highest BCUT2D eigenvalue weighted by atomic mass is 35.5. The van der Waals surface area contributed by atoms with Gasteiger partial charge in [-0.3, -0.25) is 19.7 Å². The Morgan fingerprint density at radius 3 is 2.43 bits per heavy atom. The van der Waals surface area contributed by atoms with Gasteiger partial charge >= 0.3 is 0 Å². The predicted molar refractivity (Wildman–Crippen MR) is 48.3 cm³/mol. The third-order valence-electron chi connectivity index (χ3n) is 1.90. The summed E-state index contributed by atoms with van der Waals surface area (Å²) in [6, 6.07) is 4.19. The fraction of sp³-hybridized carbons (Fsp3) is 0. The molecule has 5 heteroatoms. The Kier molecular flexibility index (Phi) is 1.86. The maximum absolute atomic E-state index is 11.3. The zero-order valence-corrected chi connectivity index (χ0v) is 7.59. The highest BCUT2D eigenvalue weighted by Gasteiger charge is 2.30. The molecule has 0 unspecified atom stereocenters. The van der Waals surface area contributed by atoms with E-state index < -0.39 is 17.6 Å². The van der Waals surface area contributed by atoms with Gasteiger partial charge in [0, 0.05) is 10.6 Å². The molecule has 0 atom stereocenters.